The molecule has 21 heavy (non-hydrogen) atoms. The van der Waals surface area contributed by atoms with Crippen molar-refractivity contribution in [2.24, 2.45) is 0 Å². The molecule has 5 nitrogen and oxygen atoms in total. The maximum absolute atomic E-state index is 11.7. The monoisotopic (exact) mass is 294 g/mol. The van der Waals surface area contributed by atoms with E-state index in [2.05, 4.69) is 10.6 Å². The first-order chi connectivity index (χ1) is 10.0. The van der Waals surface area contributed by atoms with Crippen molar-refractivity contribution >= 4 is 6.03 Å². The van der Waals surface area contributed by atoms with E-state index in [0.717, 1.165) is 11.1 Å². The predicted molar refractivity (Wildman–Crippen MR) is 82.9 cm³/mol. The zero-order chi connectivity index (χ0) is 15.7. The van der Waals surface area contributed by atoms with Crippen molar-refractivity contribution in [2.75, 3.05) is 13.7 Å². The molecule has 0 unspecified atom stereocenters. The quantitative estimate of drug-likeness (QED) is 0.688. The fourth-order valence-electron chi connectivity index (χ4n) is 1.99. The van der Waals surface area contributed by atoms with Crippen molar-refractivity contribution < 1.29 is 14.6 Å². The zero-order valence-electron chi connectivity index (χ0n) is 13.1. The fourth-order valence-corrected chi connectivity index (χ4v) is 1.99. The number of amides is 2. The molecule has 0 aliphatic heterocycles. The maximum Gasteiger partial charge on any atom is 0.315 e. The highest BCUT2D eigenvalue weighted by atomic mass is 16.5. The van der Waals surface area contributed by atoms with Crippen LogP contribution in [0.2, 0.25) is 0 Å². The van der Waals surface area contributed by atoms with Gasteiger partial charge in [0.15, 0.2) is 0 Å². The van der Waals surface area contributed by atoms with E-state index in [1.165, 1.54) is 0 Å². The highest BCUT2D eigenvalue weighted by Gasteiger charge is 2.22. The van der Waals surface area contributed by atoms with Gasteiger partial charge >= 0.3 is 6.03 Å². The average molecular weight is 294 g/mol. The van der Waals surface area contributed by atoms with Gasteiger partial charge in [-0.05, 0) is 24.0 Å². The smallest absolute Gasteiger partial charge is 0.315 e. The van der Waals surface area contributed by atoms with Crippen LogP contribution in [0, 0.1) is 0 Å². The highest BCUT2D eigenvalue weighted by Crippen LogP contribution is 2.12. The third kappa shape index (κ3) is 6.14. The molecule has 0 bridgehead atoms. The van der Waals surface area contributed by atoms with Crippen LogP contribution in [-0.4, -0.2) is 30.4 Å². The van der Waals surface area contributed by atoms with Gasteiger partial charge < -0.3 is 20.5 Å². The number of carbonyl (C=O) groups is 1. The van der Waals surface area contributed by atoms with Gasteiger partial charge in [-0.15, -0.1) is 0 Å². The lowest BCUT2D eigenvalue weighted by atomic mass is 9.98. The Hall–Kier alpha value is -1.59. The number of hydrogen-bond donors (Lipinski definition) is 3. The minimum Gasteiger partial charge on any atom is -0.388 e. The Labute approximate surface area is 126 Å². The number of methoxy groups -OCH3 is 1. The molecule has 1 aromatic carbocycles. The molecule has 0 saturated heterocycles. The van der Waals surface area contributed by atoms with Crippen LogP contribution in [0.4, 0.5) is 4.79 Å². The van der Waals surface area contributed by atoms with E-state index in [0.29, 0.717) is 26.0 Å². The molecular weight excluding hydrogens is 268 g/mol. The number of nitrogens with one attached hydrogen (secondary N) is 2. The van der Waals surface area contributed by atoms with Gasteiger partial charge in [-0.3, -0.25) is 0 Å². The van der Waals surface area contributed by atoms with Crippen LogP contribution in [0.1, 0.15) is 37.8 Å². The number of hydrogen-bond acceptors (Lipinski definition) is 3. The molecule has 5 heteroatoms. The van der Waals surface area contributed by atoms with Crippen LogP contribution in [0.3, 0.4) is 0 Å². The molecule has 0 spiro atoms. The fraction of sp³-hybridized carbons (Fsp3) is 0.562. The molecule has 2 amide bonds. The lowest BCUT2D eigenvalue weighted by molar-refractivity contribution is 0.0349. The Kier molecular flexibility index (Phi) is 7.19. The summed E-state index contributed by atoms with van der Waals surface area (Å²) in [5, 5.41) is 15.6. The van der Waals surface area contributed by atoms with Gasteiger partial charge in [0.1, 0.15) is 0 Å². The van der Waals surface area contributed by atoms with Gasteiger partial charge in [-0.1, -0.05) is 38.1 Å². The van der Waals surface area contributed by atoms with E-state index in [-0.39, 0.29) is 12.6 Å². The molecule has 0 aromatic heterocycles. The van der Waals surface area contributed by atoms with Crippen molar-refractivity contribution in [3.63, 3.8) is 0 Å². The number of rotatable bonds is 8. The molecule has 0 aliphatic carbocycles. The summed E-state index contributed by atoms with van der Waals surface area (Å²) in [4.78, 5) is 11.7. The Morgan fingerprint density at radius 2 is 1.90 bits per heavy atom. The molecule has 0 radical (unpaired) electrons. The normalized spacial score (nSPS) is 11.2. The minimum atomic E-state index is -0.824. The van der Waals surface area contributed by atoms with Gasteiger partial charge in [0.05, 0.1) is 12.2 Å². The standard InChI is InChI=1S/C16H26N2O3/c1-4-16(20,5-2)12-18-15(19)17-10-13-7-6-8-14(9-13)11-21-3/h6-9,20H,4-5,10-12H2,1-3H3,(H2,17,18,19). The first kappa shape index (κ1) is 17.5. The molecule has 0 heterocycles. The highest BCUT2D eigenvalue weighted by molar-refractivity contribution is 5.73. The van der Waals surface area contributed by atoms with E-state index >= 15 is 0 Å². The van der Waals surface area contributed by atoms with E-state index in [1.807, 2.05) is 38.1 Å². The lowest BCUT2D eigenvalue weighted by Crippen LogP contribution is -2.45. The number of benzene rings is 1. The van der Waals surface area contributed by atoms with Crippen molar-refractivity contribution in [1.82, 2.24) is 10.6 Å². The van der Waals surface area contributed by atoms with Gasteiger partial charge in [0, 0.05) is 20.2 Å². The SMILES string of the molecule is CCC(O)(CC)CNC(=O)NCc1cccc(COC)c1. The molecule has 0 saturated carbocycles. The summed E-state index contributed by atoms with van der Waals surface area (Å²) in [5.41, 5.74) is 1.26. The van der Waals surface area contributed by atoms with Crippen LogP contribution < -0.4 is 10.6 Å². The average Bonchev–Trinajstić information content (AvgIpc) is 2.51. The molecule has 1 rings (SSSR count). The summed E-state index contributed by atoms with van der Waals surface area (Å²) in [6.45, 7) is 5.07. The molecule has 0 fully saturated rings. The van der Waals surface area contributed by atoms with Gasteiger partial charge in [-0.2, -0.15) is 0 Å². The molecule has 0 aliphatic rings. The van der Waals surface area contributed by atoms with E-state index in [1.54, 1.807) is 7.11 Å². The Balaban J connectivity index is 2.41. The van der Waals surface area contributed by atoms with E-state index < -0.39 is 5.60 Å². The third-order valence-electron chi connectivity index (χ3n) is 3.65. The first-order valence-corrected chi connectivity index (χ1v) is 7.34. The number of carbonyl (C=O) groups excluding carboxylic acids is 1. The minimum absolute atomic E-state index is 0.259. The second kappa shape index (κ2) is 8.64. The summed E-state index contributed by atoms with van der Waals surface area (Å²) in [5.74, 6) is 0. The Morgan fingerprint density at radius 1 is 1.24 bits per heavy atom. The number of ether oxygens (including phenoxy) is 1. The second-order valence-electron chi connectivity index (χ2n) is 5.22. The predicted octanol–water partition coefficient (Wildman–Crippen LogP) is 2.18. The van der Waals surface area contributed by atoms with E-state index in [4.69, 9.17) is 4.74 Å². The maximum atomic E-state index is 11.7. The topological polar surface area (TPSA) is 70.6 Å². The summed E-state index contributed by atoms with van der Waals surface area (Å²) in [7, 11) is 1.65. The molecule has 118 valence electrons. The molecule has 0 atom stereocenters. The second-order valence-corrected chi connectivity index (χ2v) is 5.22. The summed E-state index contributed by atoms with van der Waals surface area (Å²) < 4.78 is 5.08. The van der Waals surface area contributed by atoms with Crippen LogP contribution in [-0.2, 0) is 17.9 Å². The van der Waals surface area contributed by atoms with Gasteiger partial charge in [-0.25, -0.2) is 4.79 Å². The molecule has 3 N–H and O–H groups in total. The Bertz CT molecular complexity index is 445. The number of aliphatic hydroxyl groups is 1. The van der Waals surface area contributed by atoms with E-state index in [9.17, 15) is 9.90 Å². The van der Waals surface area contributed by atoms with Crippen LogP contribution in [0.5, 0.6) is 0 Å². The van der Waals surface area contributed by atoms with Crippen molar-refractivity contribution in [2.45, 2.75) is 45.4 Å². The van der Waals surface area contributed by atoms with Crippen LogP contribution in [0.15, 0.2) is 24.3 Å². The first-order valence-electron chi connectivity index (χ1n) is 7.34. The summed E-state index contributed by atoms with van der Waals surface area (Å²) >= 11 is 0. The third-order valence-corrected chi connectivity index (χ3v) is 3.65. The van der Waals surface area contributed by atoms with Crippen molar-refractivity contribution in [1.29, 1.82) is 0 Å². The van der Waals surface area contributed by atoms with Gasteiger partial charge in [0.2, 0.25) is 0 Å². The largest absolute Gasteiger partial charge is 0.388 e. The van der Waals surface area contributed by atoms with Crippen LogP contribution in [0.25, 0.3) is 0 Å². The van der Waals surface area contributed by atoms with Crippen molar-refractivity contribution in [3.05, 3.63) is 35.4 Å². The van der Waals surface area contributed by atoms with Crippen molar-refractivity contribution in [3.8, 4) is 0 Å². The summed E-state index contributed by atoms with van der Waals surface area (Å²) in [6, 6.07) is 7.60. The zero-order valence-corrected chi connectivity index (χ0v) is 13.1. The molecular formula is C16H26N2O3. The van der Waals surface area contributed by atoms with Gasteiger partial charge in [0.25, 0.3) is 0 Å². The lowest BCUT2D eigenvalue weighted by Gasteiger charge is -2.25. The Morgan fingerprint density at radius 3 is 2.52 bits per heavy atom. The molecule has 1 aromatic rings. The van der Waals surface area contributed by atoms with Crippen LogP contribution >= 0.6 is 0 Å². The summed E-state index contributed by atoms with van der Waals surface area (Å²) in [6.07, 6.45) is 1.23. The number of urea groups is 1.